The average molecular weight is 325 g/mol. The number of aliphatic carboxylic acids is 1. The zero-order valence-corrected chi connectivity index (χ0v) is 13.2. The summed E-state index contributed by atoms with van der Waals surface area (Å²) in [6.07, 6.45) is 5.52. The highest BCUT2D eigenvalue weighted by atomic mass is 16.5. The van der Waals surface area contributed by atoms with Crippen LogP contribution in [0.1, 0.15) is 12.0 Å². The number of fused-ring (bicyclic) bond motifs is 1. The molecule has 1 aromatic carbocycles. The Morgan fingerprint density at radius 1 is 1.38 bits per heavy atom. The summed E-state index contributed by atoms with van der Waals surface area (Å²) in [5.41, 5.74) is 0.176. The smallest absolute Gasteiger partial charge is 0.310 e. The van der Waals surface area contributed by atoms with E-state index in [0.29, 0.717) is 13.0 Å². The molecule has 0 radical (unpaired) electrons. The Hall–Kier alpha value is -2.40. The van der Waals surface area contributed by atoms with Gasteiger partial charge in [0.25, 0.3) is 0 Å². The summed E-state index contributed by atoms with van der Waals surface area (Å²) in [4.78, 5) is 26.6. The first kappa shape index (κ1) is 15.1. The largest absolute Gasteiger partial charge is 0.481 e. The molecule has 5 atom stereocenters. The predicted octanol–water partition coefficient (Wildman–Crippen LogP) is 2.00. The number of amides is 1. The Morgan fingerprint density at radius 2 is 2.12 bits per heavy atom. The molecule has 0 aliphatic carbocycles. The lowest BCUT2D eigenvalue weighted by atomic mass is 9.74. The fourth-order valence-corrected chi connectivity index (χ4v) is 4.44. The number of likely N-dealkylation sites (tertiary alicyclic amines) is 1. The molecule has 1 spiro atoms. The van der Waals surface area contributed by atoms with Gasteiger partial charge in [-0.15, -0.1) is 6.58 Å². The number of nitrogens with zero attached hydrogens (tertiary/aromatic N) is 1. The van der Waals surface area contributed by atoms with Gasteiger partial charge >= 0.3 is 5.97 Å². The summed E-state index contributed by atoms with van der Waals surface area (Å²) in [5.74, 6) is -2.57. The second-order valence-corrected chi connectivity index (χ2v) is 6.63. The van der Waals surface area contributed by atoms with Gasteiger partial charge in [0.15, 0.2) is 0 Å². The van der Waals surface area contributed by atoms with Crippen LogP contribution in [0.3, 0.4) is 0 Å². The number of carboxylic acids is 1. The van der Waals surface area contributed by atoms with Gasteiger partial charge in [0.1, 0.15) is 11.5 Å². The third-order valence-electron chi connectivity index (χ3n) is 5.40. The highest BCUT2D eigenvalue weighted by Crippen LogP contribution is 2.55. The maximum absolute atomic E-state index is 13.1. The lowest BCUT2D eigenvalue weighted by Gasteiger charge is -2.32. The second kappa shape index (κ2) is 5.31. The molecule has 5 heteroatoms. The van der Waals surface area contributed by atoms with Crippen molar-refractivity contribution in [2.75, 3.05) is 0 Å². The Labute approximate surface area is 140 Å². The van der Waals surface area contributed by atoms with E-state index in [1.807, 2.05) is 36.4 Å². The lowest BCUT2D eigenvalue weighted by molar-refractivity contribution is -0.148. The highest BCUT2D eigenvalue weighted by Gasteiger charge is 2.70. The van der Waals surface area contributed by atoms with E-state index in [9.17, 15) is 14.7 Å². The Morgan fingerprint density at radius 3 is 2.79 bits per heavy atom. The first-order chi connectivity index (χ1) is 11.6. The lowest BCUT2D eigenvalue weighted by Crippen LogP contribution is -2.44. The number of hydrogen-bond acceptors (Lipinski definition) is 3. The molecule has 0 saturated carbocycles. The molecule has 3 aliphatic rings. The van der Waals surface area contributed by atoms with Gasteiger partial charge in [-0.05, 0) is 12.0 Å². The van der Waals surface area contributed by atoms with Crippen LogP contribution in [0.4, 0.5) is 0 Å². The van der Waals surface area contributed by atoms with Gasteiger partial charge in [0.2, 0.25) is 5.91 Å². The first-order valence-electron chi connectivity index (χ1n) is 8.14. The van der Waals surface area contributed by atoms with Gasteiger partial charge in [-0.2, -0.15) is 0 Å². The fraction of sp³-hybridized carbons (Fsp3) is 0.368. The monoisotopic (exact) mass is 325 g/mol. The predicted molar refractivity (Wildman–Crippen MR) is 87.0 cm³/mol. The molecule has 124 valence electrons. The van der Waals surface area contributed by atoms with E-state index >= 15 is 0 Å². The molecule has 2 saturated heterocycles. The molecule has 24 heavy (non-hydrogen) atoms. The maximum atomic E-state index is 13.1. The van der Waals surface area contributed by atoms with Crippen LogP contribution in [0.15, 0.2) is 55.1 Å². The van der Waals surface area contributed by atoms with Crippen molar-refractivity contribution in [3.63, 3.8) is 0 Å². The molecule has 5 nitrogen and oxygen atoms in total. The number of rotatable bonds is 5. The van der Waals surface area contributed by atoms with Crippen molar-refractivity contribution in [3.05, 3.63) is 60.7 Å². The standard InChI is InChI=1S/C19H19NO4/c1-2-6-14-19-10-9-13(24-19)15(18(22)23)16(19)17(21)20(14)11-12-7-4-3-5-8-12/h2-5,7-10,13-16H,1,6,11H2,(H,22,23)/t13-,14-,15+,16-,19-/m1/s1. The van der Waals surface area contributed by atoms with E-state index in [0.717, 1.165) is 5.56 Å². The molecule has 3 heterocycles. The highest BCUT2D eigenvalue weighted by molar-refractivity contribution is 5.91. The number of carboxylic acid groups (broad SMARTS) is 1. The van der Waals surface area contributed by atoms with Crippen molar-refractivity contribution in [1.82, 2.24) is 4.90 Å². The summed E-state index contributed by atoms with van der Waals surface area (Å²) in [5, 5.41) is 9.58. The fourth-order valence-electron chi connectivity index (χ4n) is 4.44. The number of ether oxygens (including phenoxy) is 1. The number of carbonyl (C=O) groups is 2. The van der Waals surface area contributed by atoms with Crippen LogP contribution in [0.2, 0.25) is 0 Å². The molecule has 0 aromatic heterocycles. The minimum Gasteiger partial charge on any atom is -0.481 e. The summed E-state index contributed by atoms with van der Waals surface area (Å²) >= 11 is 0. The SMILES string of the molecule is C=CC[C@H]1N(Cc2ccccc2)C(=O)[C@H]2[C@@H](C(=O)O)[C@H]3C=C[C@]21O3. The number of hydrogen-bond donors (Lipinski definition) is 1. The zero-order chi connectivity index (χ0) is 16.9. The van der Waals surface area contributed by atoms with Crippen molar-refractivity contribution in [1.29, 1.82) is 0 Å². The molecule has 1 aromatic rings. The minimum atomic E-state index is -0.969. The third kappa shape index (κ3) is 1.91. The molecule has 1 amide bonds. The Kier molecular flexibility index (Phi) is 3.35. The molecule has 0 unspecified atom stereocenters. The van der Waals surface area contributed by atoms with Gasteiger partial charge in [-0.25, -0.2) is 0 Å². The average Bonchev–Trinajstić information content (AvgIpc) is 3.20. The van der Waals surface area contributed by atoms with Gasteiger partial charge in [-0.1, -0.05) is 48.6 Å². The van der Waals surface area contributed by atoms with Crippen molar-refractivity contribution in [2.45, 2.75) is 30.7 Å². The summed E-state index contributed by atoms with van der Waals surface area (Å²) < 4.78 is 6.06. The van der Waals surface area contributed by atoms with Gasteiger partial charge < -0.3 is 14.7 Å². The van der Waals surface area contributed by atoms with Gasteiger partial charge in [0.05, 0.1) is 18.1 Å². The van der Waals surface area contributed by atoms with Crippen LogP contribution in [0.5, 0.6) is 0 Å². The van der Waals surface area contributed by atoms with Gasteiger partial charge in [0, 0.05) is 6.54 Å². The number of benzene rings is 1. The van der Waals surface area contributed by atoms with Crippen molar-refractivity contribution >= 4 is 11.9 Å². The van der Waals surface area contributed by atoms with Crippen LogP contribution in [0, 0.1) is 11.8 Å². The van der Waals surface area contributed by atoms with E-state index in [1.165, 1.54) is 0 Å². The van der Waals surface area contributed by atoms with Crippen LogP contribution in [-0.2, 0) is 20.9 Å². The molecule has 2 fully saturated rings. The minimum absolute atomic E-state index is 0.134. The van der Waals surface area contributed by atoms with Crippen LogP contribution in [0.25, 0.3) is 0 Å². The molecule has 1 N–H and O–H groups in total. The van der Waals surface area contributed by atoms with Crippen molar-refractivity contribution < 1.29 is 19.4 Å². The second-order valence-electron chi connectivity index (χ2n) is 6.63. The van der Waals surface area contributed by atoms with E-state index in [4.69, 9.17) is 4.74 Å². The normalized spacial score (nSPS) is 36.2. The van der Waals surface area contributed by atoms with E-state index in [-0.39, 0.29) is 11.9 Å². The molecule has 2 bridgehead atoms. The zero-order valence-electron chi connectivity index (χ0n) is 13.2. The van der Waals surface area contributed by atoms with Gasteiger partial charge in [-0.3, -0.25) is 9.59 Å². The van der Waals surface area contributed by atoms with E-state index < -0.39 is 29.5 Å². The van der Waals surface area contributed by atoms with Crippen molar-refractivity contribution in [2.24, 2.45) is 11.8 Å². The number of carbonyl (C=O) groups excluding carboxylic acids is 1. The third-order valence-corrected chi connectivity index (χ3v) is 5.40. The van der Waals surface area contributed by atoms with Crippen molar-refractivity contribution in [3.8, 4) is 0 Å². The quantitative estimate of drug-likeness (QED) is 0.841. The molecular formula is C19H19NO4. The maximum Gasteiger partial charge on any atom is 0.310 e. The summed E-state index contributed by atoms with van der Waals surface area (Å²) in [7, 11) is 0. The van der Waals surface area contributed by atoms with E-state index in [2.05, 4.69) is 6.58 Å². The summed E-state index contributed by atoms with van der Waals surface area (Å²) in [6, 6.07) is 9.50. The van der Waals surface area contributed by atoms with Crippen LogP contribution in [-0.4, -0.2) is 39.6 Å². The van der Waals surface area contributed by atoms with E-state index in [1.54, 1.807) is 17.1 Å². The van der Waals surface area contributed by atoms with Crippen LogP contribution < -0.4 is 0 Å². The van der Waals surface area contributed by atoms with Crippen LogP contribution >= 0.6 is 0 Å². The molecular weight excluding hydrogens is 306 g/mol. The Balaban J connectivity index is 1.73. The summed E-state index contributed by atoms with van der Waals surface area (Å²) in [6.45, 7) is 4.25. The molecule has 3 aliphatic heterocycles. The molecule has 4 rings (SSSR count). The Bertz CT molecular complexity index is 728. The first-order valence-corrected chi connectivity index (χ1v) is 8.14. The topological polar surface area (TPSA) is 66.8 Å².